The Hall–Kier alpha value is -2.82. The van der Waals surface area contributed by atoms with Crippen molar-refractivity contribution in [2.45, 2.75) is 25.5 Å². The molecule has 23 heavy (non-hydrogen) atoms. The van der Waals surface area contributed by atoms with Crippen LogP contribution in [0.15, 0.2) is 54.6 Å². The highest BCUT2D eigenvalue weighted by molar-refractivity contribution is 5.98. The average Bonchev–Trinajstić information content (AvgIpc) is 3.02. The maximum Gasteiger partial charge on any atom is 0.246 e. The normalized spacial score (nSPS) is 16.7. The predicted octanol–water partition coefficient (Wildman–Crippen LogP) is 2.48. The van der Waals surface area contributed by atoms with Gasteiger partial charge in [0.1, 0.15) is 18.4 Å². The van der Waals surface area contributed by atoms with Crippen LogP contribution in [0.3, 0.4) is 0 Å². The Kier molecular flexibility index (Phi) is 4.57. The molecule has 3 rings (SSSR count). The smallest absolute Gasteiger partial charge is 0.246 e. The molecule has 1 fully saturated rings. The van der Waals surface area contributed by atoms with Crippen molar-refractivity contribution in [3.8, 4) is 5.75 Å². The molecule has 0 bridgehead atoms. The van der Waals surface area contributed by atoms with Gasteiger partial charge >= 0.3 is 0 Å². The van der Waals surface area contributed by atoms with Gasteiger partial charge in [0, 0.05) is 12.1 Å². The lowest BCUT2D eigenvalue weighted by molar-refractivity contribution is -0.122. The van der Waals surface area contributed by atoms with Crippen LogP contribution >= 0.6 is 0 Å². The molecule has 0 spiro atoms. The number of rotatable bonds is 5. The standard InChI is InChI=1S/C18H18N2O3/c21-17-11-10-16(20-17)18(22)19-14-6-8-15(9-7-14)23-12-13-4-2-1-3-5-13/h1-9,16H,10-12H2,(H,19,22)(H,20,21)/t16-/m0/s1. The van der Waals surface area contributed by atoms with Crippen molar-refractivity contribution in [3.05, 3.63) is 60.2 Å². The fraction of sp³-hybridized carbons (Fsp3) is 0.222. The Bertz CT molecular complexity index is 683. The molecular formula is C18H18N2O3. The summed E-state index contributed by atoms with van der Waals surface area (Å²) in [5.41, 5.74) is 1.78. The van der Waals surface area contributed by atoms with E-state index in [0.717, 1.165) is 11.3 Å². The number of hydrogen-bond donors (Lipinski definition) is 2. The third-order valence-corrected chi connectivity index (χ3v) is 3.68. The molecule has 118 valence electrons. The first-order valence-electron chi connectivity index (χ1n) is 7.58. The highest BCUT2D eigenvalue weighted by Gasteiger charge is 2.26. The summed E-state index contributed by atoms with van der Waals surface area (Å²) in [5, 5.41) is 5.44. The molecule has 2 amide bonds. The molecule has 0 saturated carbocycles. The van der Waals surface area contributed by atoms with Gasteiger partial charge in [0.05, 0.1) is 0 Å². The van der Waals surface area contributed by atoms with Gasteiger partial charge in [-0.2, -0.15) is 0 Å². The van der Waals surface area contributed by atoms with Crippen LogP contribution in [0.5, 0.6) is 5.75 Å². The largest absolute Gasteiger partial charge is 0.489 e. The minimum atomic E-state index is -0.434. The molecule has 2 aromatic carbocycles. The summed E-state index contributed by atoms with van der Waals surface area (Å²) in [6, 6.07) is 16.7. The lowest BCUT2D eigenvalue weighted by Gasteiger charge is -2.11. The predicted molar refractivity (Wildman–Crippen MR) is 87.0 cm³/mol. The van der Waals surface area contributed by atoms with Gasteiger partial charge in [-0.05, 0) is 36.2 Å². The van der Waals surface area contributed by atoms with Crippen LogP contribution in [-0.4, -0.2) is 17.9 Å². The van der Waals surface area contributed by atoms with E-state index in [1.165, 1.54) is 0 Å². The summed E-state index contributed by atoms with van der Waals surface area (Å²) < 4.78 is 5.70. The lowest BCUT2D eigenvalue weighted by Crippen LogP contribution is -2.37. The van der Waals surface area contributed by atoms with Gasteiger partial charge in [-0.1, -0.05) is 30.3 Å². The molecule has 1 saturated heterocycles. The van der Waals surface area contributed by atoms with Crippen molar-refractivity contribution in [2.75, 3.05) is 5.32 Å². The Morgan fingerprint density at radius 2 is 1.87 bits per heavy atom. The lowest BCUT2D eigenvalue weighted by atomic mass is 10.2. The van der Waals surface area contributed by atoms with Crippen molar-refractivity contribution in [1.82, 2.24) is 5.32 Å². The Morgan fingerprint density at radius 3 is 2.52 bits per heavy atom. The number of hydrogen-bond acceptors (Lipinski definition) is 3. The van der Waals surface area contributed by atoms with Gasteiger partial charge in [0.15, 0.2) is 0 Å². The van der Waals surface area contributed by atoms with Gasteiger partial charge in [0.2, 0.25) is 11.8 Å². The summed E-state index contributed by atoms with van der Waals surface area (Å²) in [6.45, 7) is 0.501. The SMILES string of the molecule is O=C1CC[C@@H](C(=O)Nc2ccc(OCc3ccccc3)cc2)N1. The Labute approximate surface area is 134 Å². The number of nitrogens with one attached hydrogen (secondary N) is 2. The number of amides is 2. The van der Waals surface area contributed by atoms with E-state index < -0.39 is 6.04 Å². The average molecular weight is 310 g/mol. The molecule has 2 aromatic rings. The molecule has 1 atom stereocenters. The van der Waals surface area contributed by atoms with Gasteiger partial charge in [-0.15, -0.1) is 0 Å². The summed E-state index contributed by atoms with van der Waals surface area (Å²) in [6.07, 6.45) is 0.952. The molecule has 5 nitrogen and oxygen atoms in total. The second kappa shape index (κ2) is 6.96. The molecule has 0 aliphatic carbocycles. The number of ether oxygens (including phenoxy) is 1. The molecule has 1 aliphatic rings. The maximum atomic E-state index is 12.0. The summed E-state index contributed by atoms with van der Waals surface area (Å²) in [5.74, 6) is 0.477. The third kappa shape index (κ3) is 4.10. The van der Waals surface area contributed by atoms with Crippen molar-refractivity contribution >= 4 is 17.5 Å². The summed E-state index contributed by atoms with van der Waals surface area (Å²) in [4.78, 5) is 23.1. The maximum absolute atomic E-state index is 12.0. The topological polar surface area (TPSA) is 67.4 Å². The van der Waals surface area contributed by atoms with Gasteiger partial charge in [-0.3, -0.25) is 9.59 Å². The van der Waals surface area contributed by atoms with E-state index in [0.29, 0.717) is 25.1 Å². The Balaban J connectivity index is 1.52. The van der Waals surface area contributed by atoms with Crippen molar-refractivity contribution in [1.29, 1.82) is 0 Å². The fourth-order valence-corrected chi connectivity index (χ4v) is 2.42. The number of carbonyl (C=O) groups is 2. The van der Waals surface area contributed by atoms with E-state index in [1.807, 2.05) is 42.5 Å². The van der Waals surface area contributed by atoms with Crippen molar-refractivity contribution in [3.63, 3.8) is 0 Å². The minimum Gasteiger partial charge on any atom is -0.489 e. The molecule has 0 aromatic heterocycles. The molecule has 0 radical (unpaired) electrons. The second-order valence-electron chi connectivity index (χ2n) is 5.45. The van der Waals surface area contributed by atoms with E-state index in [1.54, 1.807) is 12.1 Å². The number of carbonyl (C=O) groups excluding carboxylic acids is 2. The van der Waals surface area contributed by atoms with Crippen LogP contribution in [0, 0.1) is 0 Å². The summed E-state index contributed by atoms with van der Waals surface area (Å²) in [7, 11) is 0. The first-order chi connectivity index (χ1) is 11.2. The zero-order valence-corrected chi connectivity index (χ0v) is 12.6. The zero-order valence-electron chi connectivity index (χ0n) is 12.6. The molecule has 1 heterocycles. The highest BCUT2D eigenvalue weighted by atomic mass is 16.5. The second-order valence-corrected chi connectivity index (χ2v) is 5.45. The molecular weight excluding hydrogens is 292 g/mol. The van der Waals surface area contributed by atoms with E-state index in [4.69, 9.17) is 4.74 Å². The minimum absolute atomic E-state index is 0.0743. The van der Waals surface area contributed by atoms with Crippen LogP contribution in [0.1, 0.15) is 18.4 Å². The summed E-state index contributed by atoms with van der Waals surface area (Å²) >= 11 is 0. The van der Waals surface area contributed by atoms with Gasteiger partial charge in [0.25, 0.3) is 0 Å². The first-order valence-corrected chi connectivity index (χ1v) is 7.58. The Morgan fingerprint density at radius 1 is 1.13 bits per heavy atom. The quantitative estimate of drug-likeness (QED) is 0.891. The van der Waals surface area contributed by atoms with E-state index >= 15 is 0 Å². The van der Waals surface area contributed by atoms with Gasteiger partial charge in [-0.25, -0.2) is 0 Å². The monoisotopic (exact) mass is 310 g/mol. The van der Waals surface area contributed by atoms with E-state index in [9.17, 15) is 9.59 Å². The van der Waals surface area contributed by atoms with Crippen LogP contribution in [-0.2, 0) is 16.2 Å². The number of anilines is 1. The van der Waals surface area contributed by atoms with Crippen LogP contribution in [0.25, 0.3) is 0 Å². The van der Waals surface area contributed by atoms with Crippen molar-refractivity contribution in [2.24, 2.45) is 0 Å². The molecule has 5 heteroatoms. The zero-order chi connectivity index (χ0) is 16.1. The molecule has 2 N–H and O–H groups in total. The van der Waals surface area contributed by atoms with E-state index in [-0.39, 0.29) is 11.8 Å². The highest BCUT2D eigenvalue weighted by Crippen LogP contribution is 2.18. The van der Waals surface area contributed by atoms with Crippen LogP contribution in [0.2, 0.25) is 0 Å². The third-order valence-electron chi connectivity index (χ3n) is 3.68. The first kappa shape index (κ1) is 15.1. The van der Waals surface area contributed by atoms with Gasteiger partial charge < -0.3 is 15.4 Å². The molecule has 1 aliphatic heterocycles. The van der Waals surface area contributed by atoms with Crippen LogP contribution in [0.4, 0.5) is 5.69 Å². The van der Waals surface area contributed by atoms with Crippen LogP contribution < -0.4 is 15.4 Å². The molecule has 0 unspecified atom stereocenters. The fourth-order valence-electron chi connectivity index (χ4n) is 2.42. The number of benzene rings is 2. The van der Waals surface area contributed by atoms with Crippen molar-refractivity contribution < 1.29 is 14.3 Å². The van der Waals surface area contributed by atoms with E-state index in [2.05, 4.69) is 10.6 Å².